The first kappa shape index (κ1) is 20.3. The molecule has 0 saturated carbocycles. The molecule has 2 N–H and O–H groups in total. The maximum absolute atomic E-state index is 12.9. The van der Waals surface area contributed by atoms with Crippen LogP contribution in [0.25, 0.3) is 22.4 Å². The van der Waals surface area contributed by atoms with Crippen molar-refractivity contribution in [1.82, 2.24) is 25.3 Å². The van der Waals surface area contributed by atoms with E-state index in [4.69, 9.17) is 9.15 Å². The normalized spacial score (nSPS) is 18.7. The molecule has 9 heteroatoms. The number of benzene rings is 1. The number of furan rings is 1. The minimum absolute atomic E-state index is 0.217. The van der Waals surface area contributed by atoms with Crippen LogP contribution in [0.4, 0.5) is 0 Å². The third-order valence-electron chi connectivity index (χ3n) is 5.61. The van der Waals surface area contributed by atoms with Gasteiger partial charge in [-0.05, 0) is 18.1 Å². The number of aromatic nitrogens is 4. The van der Waals surface area contributed by atoms with Gasteiger partial charge in [0, 0.05) is 37.3 Å². The highest BCUT2D eigenvalue weighted by Gasteiger charge is 2.26. The number of hydrogen-bond donors (Lipinski definition) is 2. The molecule has 32 heavy (non-hydrogen) atoms. The van der Waals surface area contributed by atoms with E-state index in [-0.39, 0.29) is 18.6 Å². The van der Waals surface area contributed by atoms with Crippen LogP contribution in [-0.2, 0) is 18.2 Å². The van der Waals surface area contributed by atoms with Crippen molar-refractivity contribution in [3.8, 4) is 11.3 Å². The van der Waals surface area contributed by atoms with Gasteiger partial charge in [0.1, 0.15) is 16.9 Å². The Morgan fingerprint density at radius 1 is 1.28 bits per heavy atom. The fourth-order valence-corrected chi connectivity index (χ4v) is 3.90. The second-order valence-electron chi connectivity index (χ2n) is 7.96. The van der Waals surface area contributed by atoms with E-state index in [2.05, 4.69) is 20.6 Å². The van der Waals surface area contributed by atoms with Gasteiger partial charge in [0.15, 0.2) is 5.58 Å². The molecule has 1 amide bonds. The average Bonchev–Trinajstić information content (AvgIpc) is 3.45. The second kappa shape index (κ2) is 8.52. The average molecular weight is 433 g/mol. The molecule has 1 aromatic carbocycles. The zero-order valence-electron chi connectivity index (χ0n) is 17.6. The smallest absolute Gasteiger partial charge is 0.270 e. The number of amides is 1. The molecule has 0 aliphatic carbocycles. The van der Waals surface area contributed by atoms with Crippen LogP contribution < -0.4 is 5.32 Å². The first-order valence-electron chi connectivity index (χ1n) is 10.5. The number of nitrogens with zero attached hydrogens (tertiary/aromatic N) is 4. The first-order valence-corrected chi connectivity index (χ1v) is 10.5. The second-order valence-corrected chi connectivity index (χ2v) is 7.96. The Kier molecular flexibility index (Phi) is 5.42. The van der Waals surface area contributed by atoms with Crippen molar-refractivity contribution in [2.24, 2.45) is 7.05 Å². The van der Waals surface area contributed by atoms with E-state index in [1.807, 2.05) is 37.5 Å². The Morgan fingerprint density at radius 2 is 2.12 bits per heavy atom. The molecule has 4 heterocycles. The lowest BCUT2D eigenvalue weighted by Gasteiger charge is -2.28. The maximum Gasteiger partial charge on any atom is 0.270 e. The van der Waals surface area contributed by atoms with E-state index in [0.29, 0.717) is 36.2 Å². The molecule has 0 radical (unpaired) electrons. The Labute approximate surface area is 184 Å². The van der Waals surface area contributed by atoms with Gasteiger partial charge in [-0.1, -0.05) is 29.5 Å². The van der Waals surface area contributed by atoms with Crippen LogP contribution in [0.15, 0.2) is 53.3 Å². The SMILES string of the molecule is Cn1cc(-c2ccc(Cc3cc(C(=O)N[C@H]4CCOC[C@@H]4O)nc4ccoc34)cc2)nn1. The molecule has 0 unspecified atom stereocenters. The Morgan fingerprint density at radius 3 is 2.88 bits per heavy atom. The number of aryl methyl sites for hydroxylation is 1. The standard InChI is InChI=1S/C23H23N5O4/c1-28-12-20(26-27-28)15-4-2-14(3-5-15)10-16-11-19(24-18-7-9-32-22(16)18)23(30)25-17-6-8-31-13-21(17)29/h2-5,7,9,11-12,17,21,29H,6,8,10,13H2,1H3,(H,25,30)/t17-,21-/m0/s1. The maximum atomic E-state index is 12.9. The number of pyridine rings is 1. The lowest BCUT2D eigenvalue weighted by Crippen LogP contribution is -2.48. The molecule has 4 aromatic rings. The molecule has 0 bridgehead atoms. The minimum atomic E-state index is -0.724. The molecular weight excluding hydrogens is 410 g/mol. The molecule has 0 spiro atoms. The lowest BCUT2D eigenvalue weighted by atomic mass is 10.0. The van der Waals surface area contributed by atoms with Crippen molar-refractivity contribution in [3.63, 3.8) is 0 Å². The van der Waals surface area contributed by atoms with Gasteiger partial charge in [-0.3, -0.25) is 9.48 Å². The van der Waals surface area contributed by atoms with E-state index in [1.54, 1.807) is 23.1 Å². The predicted octanol–water partition coefficient (Wildman–Crippen LogP) is 2.09. The van der Waals surface area contributed by atoms with Crippen LogP contribution >= 0.6 is 0 Å². The number of hydrogen-bond acceptors (Lipinski definition) is 7. The Balaban J connectivity index is 1.39. The van der Waals surface area contributed by atoms with Gasteiger partial charge < -0.3 is 19.6 Å². The number of fused-ring (bicyclic) bond motifs is 1. The number of carbonyl (C=O) groups excluding carboxylic acids is 1. The van der Waals surface area contributed by atoms with Gasteiger partial charge in [0.05, 0.1) is 31.2 Å². The zero-order valence-corrected chi connectivity index (χ0v) is 17.6. The third kappa shape index (κ3) is 4.12. The van der Waals surface area contributed by atoms with Crippen molar-refractivity contribution in [3.05, 3.63) is 65.7 Å². The van der Waals surface area contributed by atoms with Crippen LogP contribution in [0.3, 0.4) is 0 Å². The summed E-state index contributed by atoms with van der Waals surface area (Å²) in [7, 11) is 1.83. The monoisotopic (exact) mass is 433 g/mol. The van der Waals surface area contributed by atoms with Gasteiger partial charge in [0.25, 0.3) is 5.91 Å². The van der Waals surface area contributed by atoms with Gasteiger partial charge in [0.2, 0.25) is 0 Å². The van der Waals surface area contributed by atoms with Crippen molar-refractivity contribution in [2.75, 3.05) is 13.2 Å². The summed E-state index contributed by atoms with van der Waals surface area (Å²) in [6.07, 6.45) is 3.85. The molecule has 9 nitrogen and oxygen atoms in total. The first-order chi connectivity index (χ1) is 15.6. The number of ether oxygens (including phenoxy) is 1. The molecule has 2 atom stereocenters. The lowest BCUT2D eigenvalue weighted by molar-refractivity contribution is -0.0261. The molecule has 5 rings (SSSR count). The summed E-state index contributed by atoms with van der Waals surface area (Å²) in [5, 5.41) is 21.1. The van der Waals surface area contributed by atoms with Crippen LogP contribution in [0.2, 0.25) is 0 Å². The van der Waals surface area contributed by atoms with Crippen LogP contribution in [0.5, 0.6) is 0 Å². The van der Waals surface area contributed by atoms with E-state index in [0.717, 1.165) is 22.4 Å². The summed E-state index contributed by atoms with van der Waals surface area (Å²) in [6.45, 7) is 0.723. The minimum Gasteiger partial charge on any atom is -0.462 e. The van der Waals surface area contributed by atoms with Gasteiger partial charge in [-0.2, -0.15) is 0 Å². The highest BCUT2D eigenvalue weighted by atomic mass is 16.5. The quantitative estimate of drug-likeness (QED) is 0.495. The highest BCUT2D eigenvalue weighted by molar-refractivity contribution is 5.95. The topological polar surface area (TPSA) is 115 Å². The summed E-state index contributed by atoms with van der Waals surface area (Å²) in [5.41, 5.74) is 5.30. The Hall–Kier alpha value is -3.56. The number of nitrogens with one attached hydrogen (secondary N) is 1. The summed E-state index contributed by atoms with van der Waals surface area (Å²) in [6, 6.07) is 11.2. The molecule has 1 saturated heterocycles. The van der Waals surface area contributed by atoms with Gasteiger partial charge >= 0.3 is 0 Å². The number of aliphatic hydroxyl groups excluding tert-OH is 1. The van der Waals surface area contributed by atoms with Crippen LogP contribution in [-0.4, -0.2) is 56.4 Å². The van der Waals surface area contributed by atoms with E-state index in [9.17, 15) is 9.90 Å². The molecule has 1 fully saturated rings. The molecule has 164 valence electrons. The van der Waals surface area contributed by atoms with Crippen molar-refractivity contribution in [2.45, 2.75) is 25.0 Å². The fraction of sp³-hybridized carbons (Fsp3) is 0.304. The molecule has 1 aliphatic rings. The van der Waals surface area contributed by atoms with E-state index < -0.39 is 6.10 Å². The van der Waals surface area contributed by atoms with E-state index >= 15 is 0 Å². The van der Waals surface area contributed by atoms with Crippen molar-refractivity contribution in [1.29, 1.82) is 0 Å². The summed E-state index contributed by atoms with van der Waals surface area (Å²) in [5.74, 6) is -0.321. The van der Waals surface area contributed by atoms with Crippen LogP contribution in [0.1, 0.15) is 28.0 Å². The molecular formula is C23H23N5O4. The molecule has 3 aromatic heterocycles. The zero-order chi connectivity index (χ0) is 22.1. The number of rotatable bonds is 5. The number of aliphatic hydroxyl groups is 1. The Bertz CT molecular complexity index is 1250. The van der Waals surface area contributed by atoms with Crippen LogP contribution in [0, 0.1) is 0 Å². The van der Waals surface area contributed by atoms with Gasteiger partial charge in [-0.15, -0.1) is 5.10 Å². The summed E-state index contributed by atoms with van der Waals surface area (Å²) < 4.78 is 12.5. The largest absolute Gasteiger partial charge is 0.462 e. The summed E-state index contributed by atoms with van der Waals surface area (Å²) >= 11 is 0. The third-order valence-corrected chi connectivity index (χ3v) is 5.61. The van der Waals surface area contributed by atoms with Crippen molar-refractivity contribution >= 4 is 17.0 Å². The molecule has 1 aliphatic heterocycles. The number of carbonyl (C=O) groups is 1. The van der Waals surface area contributed by atoms with Crippen molar-refractivity contribution < 1.29 is 19.1 Å². The fourth-order valence-electron chi connectivity index (χ4n) is 3.90. The van der Waals surface area contributed by atoms with Gasteiger partial charge in [-0.25, -0.2) is 4.98 Å². The van der Waals surface area contributed by atoms with E-state index in [1.165, 1.54) is 0 Å². The summed E-state index contributed by atoms with van der Waals surface area (Å²) in [4.78, 5) is 17.3. The predicted molar refractivity (Wildman–Crippen MR) is 116 cm³/mol. The highest BCUT2D eigenvalue weighted by Crippen LogP contribution is 2.24.